The first-order chi connectivity index (χ1) is 14.7. The van der Waals surface area contributed by atoms with Gasteiger partial charge in [0, 0.05) is 35.4 Å². The van der Waals surface area contributed by atoms with Crippen LogP contribution in [0.25, 0.3) is 0 Å². The number of hydrogen-bond donors (Lipinski definition) is 0. The molecule has 0 unspecified atom stereocenters. The lowest BCUT2D eigenvalue weighted by molar-refractivity contribution is -0.384. The molecule has 0 amide bonds. The summed E-state index contributed by atoms with van der Waals surface area (Å²) in [5, 5.41) is 10.7. The highest BCUT2D eigenvalue weighted by atomic mass is 16.6. The zero-order valence-electron chi connectivity index (χ0n) is 16.1. The summed E-state index contributed by atoms with van der Waals surface area (Å²) in [6.45, 7) is 0. The van der Waals surface area contributed by atoms with Crippen molar-refractivity contribution in [3.8, 4) is 0 Å². The van der Waals surface area contributed by atoms with Gasteiger partial charge in [0.05, 0.1) is 10.6 Å². The SMILES string of the molecule is O=[N+]([O-])c1ccc(N=Cc2ccc(N(c3ccccc3)c3ccccc3)cc2)cc1. The number of nitro groups is 1. The minimum Gasteiger partial charge on any atom is -0.311 e. The molecule has 0 N–H and O–H groups in total. The van der Waals surface area contributed by atoms with E-state index in [1.807, 2.05) is 48.5 Å². The summed E-state index contributed by atoms with van der Waals surface area (Å²) in [4.78, 5) is 16.9. The molecule has 0 saturated heterocycles. The maximum Gasteiger partial charge on any atom is 0.269 e. The lowest BCUT2D eigenvalue weighted by Crippen LogP contribution is -2.09. The summed E-state index contributed by atoms with van der Waals surface area (Å²) in [5.74, 6) is 0. The fourth-order valence-electron chi connectivity index (χ4n) is 3.12. The maximum atomic E-state index is 10.7. The van der Waals surface area contributed by atoms with Crippen LogP contribution in [0, 0.1) is 10.1 Å². The Morgan fingerprint density at radius 2 is 1.17 bits per heavy atom. The third kappa shape index (κ3) is 4.42. The van der Waals surface area contributed by atoms with E-state index in [0.29, 0.717) is 5.69 Å². The van der Waals surface area contributed by atoms with E-state index in [-0.39, 0.29) is 5.69 Å². The van der Waals surface area contributed by atoms with Crippen LogP contribution in [0.3, 0.4) is 0 Å². The lowest BCUT2D eigenvalue weighted by Gasteiger charge is -2.25. The van der Waals surface area contributed by atoms with Gasteiger partial charge in [0.15, 0.2) is 0 Å². The molecule has 0 spiro atoms. The standard InChI is InChI=1S/C25H19N3O2/c29-28(30)25-17-13-21(14-18-25)26-19-20-11-15-24(16-12-20)27(22-7-3-1-4-8-22)23-9-5-2-6-10-23/h1-19H. The van der Waals surface area contributed by atoms with Crippen molar-refractivity contribution >= 4 is 34.7 Å². The van der Waals surface area contributed by atoms with Gasteiger partial charge < -0.3 is 4.90 Å². The second-order valence-electron chi connectivity index (χ2n) is 6.63. The molecule has 0 radical (unpaired) electrons. The second kappa shape index (κ2) is 8.84. The minimum absolute atomic E-state index is 0.0558. The Hall–Kier alpha value is -4.25. The Labute approximate surface area is 174 Å². The molecule has 0 atom stereocenters. The number of rotatable bonds is 6. The van der Waals surface area contributed by atoms with Gasteiger partial charge in [0.1, 0.15) is 0 Å². The van der Waals surface area contributed by atoms with E-state index in [0.717, 1.165) is 22.6 Å². The van der Waals surface area contributed by atoms with Gasteiger partial charge in [0.2, 0.25) is 0 Å². The Balaban J connectivity index is 1.58. The maximum absolute atomic E-state index is 10.7. The molecule has 5 nitrogen and oxygen atoms in total. The quantitative estimate of drug-likeness (QED) is 0.205. The van der Waals surface area contributed by atoms with E-state index >= 15 is 0 Å². The van der Waals surface area contributed by atoms with Crippen LogP contribution in [0.2, 0.25) is 0 Å². The molecule has 4 rings (SSSR count). The number of non-ortho nitro benzene ring substituents is 1. The van der Waals surface area contributed by atoms with E-state index in [4.69, 9.17) is 0 Å². The van der Waals surface area contributed by atoms with Crippen LogP contribution in [0.15, 0.2) is 114 Å². The van der Waals surface area contributed by atoms with Crippen LogP contribution in [0.1, 0.15) is 5.56 Å². The Bertz CT molecular complexity index is 1100. The van der Waals surface area contributed by atoms with Crippen LogP contribution in [0.4, 0.5) is 28.4 Å². The first-order valence-electron chi connectivity index (χ1n) is 9.49. The fraction of sp³-hybridized carbons (Fsp3) is 0. The van der Waals surface area contributed by atoms with Crippen molar-refractivity contribution in [3.63, 3.8) is 0 Å². The van der Waals surface area contributed by atoms with E-state index in [1.54, 1.807) is 18.3 Å². The minimum atomic E-state index is -0.419. The van der Waals surface area contributed by atoms with Crippen LogP contribution in [-0.4, -0.2) is 11.1 Å². The summed E-state index contributed by atoms with van der Waals surface area (Å²) in [7, 11) is 0. The number of hydrogen-bond acceptors (Lipinski definition) is 4. The number of anilines is 3. The molecule has 4 aromatic rings. The molecule has 0 saturated carbocycles. The topological polar surface area (TPSA) is 58.7 Å². The predicted molar refractivity (Wildman–Crippen MR) is 121 cm³/mol. The third-order valence-electron chi connectivity index (χ3n) is 4.60. The molecular formula is C25H19N3O2. The summed E-state index contributed by atoms with van der Waals surface area (Å²) < 4.78 is 0. The number of aliphatic imine (C=N–C) groups is 1. The van der Waals surface area contributed by atoms with Crippen molar-refractivity contribution in [3.05, 3.63) is 125 Å². The van der Waals surface area contributed by atoms with Gasteiger partial charge in [0.25, 0.3) is 5.69 Å². The van der Waals surface area contributed by atoms with Gasteiger partial charge in [-0.05, 0) is 54.1 Å². The molecule has 0 heterocycles. The fourth-order valence-corrected chi connectivity index (χ4v) is 3.12. The summed E-state index contributed by atoms with van der Waals surface area (Å²) in [6.07, 6.45) is 1.75. The van der Waals surface area contributed by atoms with E-state index in [1.165, 1.54) is 12.1 Å². The first-order valence-corrected chi connectivity index (χ1v) is 9.49. The van der Waals surface area contributed by atoms with Crippen molar-refractivity contribution in [1.82, 2.24) is 0 Å². The average molecular weight is 393 g/mol. The normalized spacial score (nSPS) is 10.8. The number of benzene rings is 4. The highest BCUT2D eigenvalue weighted by molar-refractivity contribution is 5.84. The van der Waals surface area contributed by atoms with Crippen molar-refractivity contribution in [1.29, 1.82) is 0 Å². The van der Waals surface area contributed by atoms with Crippen molar-refractivity contribution in [2.24, 2.45) is 4.99 Å². The summed E-state index contributed by atoms with van der Waals surface area (Å²) >= 11 is 0. The molecule has 0 aliphatic heterocycles. The van der Waals surface area contributed by atoms with E-state index in [9.17, 15) is 10.1 Å². The number of nitro benzene ring substituents is 1. The van der Waals surface area contributed by atoms with Crippen LogP contribution < -0.4 is 4.90 Å². The largest absolute Gasteiger partial charge is 0.311 e. The molecule has 0 bridgehead atoms. The van der Waals surface area contributed by atoms with Crippen LogP contribution in [-0.2, 0) is 0 Å². The molecule has 146 valence electrons. The average Bonchev–Trinajstić information content (AvgIpc) is 2.80. The van der Waals surface area contributed by atoms with Gasteiger partial charge in [-0.3, -0.25) is 15.1 Å². The zero-order chi connectivity index (χ0) is 20.8. The Morgan fingerprint density at radius 3 is 1.67 bits per heavy atom. The van der Waals surface area contributed by atoms with Crippen LogP contribution >= 0.6 is 0 Å². The number of nitrogens with zero attached hydrogens (tertiary/aromatic N) is 3. The van der Waals surface area contributed by atoms with Crippen molar-refractivity contribution in [2.75, 3.05) is 4.90 Å². The van der Waals surface area contributed by atoms with Crippen molar-refractivity contribution in [2.45, 2.75) is 0 Å². The second-order valence-corrected chi connectivity index (χ2v) is 6.63. The molecule has 30 heavy (non-hydrogen) atoms. The molecular weight excluding hydrogens is 374 g/mol. The van der Waals surface area contributed by atoms with Gasteiger partial charge in [-0.1, -0.05) is 48.5 Å². The monoisotopic (exact) mass is 393 g/mol. The molecule has 0 aromatic heterocycles. The molecule has 0 aliphatic rings. The summed E-state index contributed by atoms with van der Waals surface area (Å²) in [6, 6.07) is 34.7. The third-order valence-corrected chi connectivity index (χ3v) is 4.60. The zero-order valence-corrected chi connectivity index (χ0v) is 16.1. The predicted octanol–water partition coefficient (Wildman–Crippen LogP) is 6.82. The highest BCUT2D eigenvalue weighted by Gasteiger charge is 2.11. The van der Waals surface area contributed by atoms with E-state index in [2.05, 4.69) is 46.3 Å². The van der Waals surface area contributed by atoms with Gasteiger partial charge in [-0.2, -0.15) is 0 Å². The smallest absolute Gasteiger partial charge is 0.269 e. The summed E-state index contributed by atoms with van der Waals surface area (Å²) in [5.41, 5.74) is 4.87. The van der Waals surface area contributed by atoms with Crippen molar-refractivity contribution < 1.29 is 4.92 Å². The highest BCUT2D eigenvalue weighted by Crippen LogP contribution is 2.33. The molecule has 0 aliphatic carbocycles. The van der Waals surface area contributed by atoms with Crippen LogP contribution in [0.5, 0.6) is 0 Å². The Kier molecular flexibility index (Phi) is 5.62. The number of para-hydroxylation sites is 2. The van der Waals surface area contributed by atoms with E-state index < -0.39 is 4.92 Å². The first kappa shape index (κ1) is 19.1. The van der Waals surface area contributed by atoms with Gasteiger partial charge in [-0.25, -0.2) is 0 Å². The molecule has 0 fully saturated rings. The lowest BCUT2D eigenvalue weighted by atomic mass is 10.1. The molecule has 5 heteroatoms. The van der Waals surface area contributed by atoms with Gasteiger partial charge in [-0.15, -0.1) is 0 Å². The molecule has 4 aromatic carbocycles. The Morgan fingerprint density at radius 1 is 0.667 bits per heavy atom. The van der Waals surface area contributed by atoms with Gasteiger partial charge >= 0.3 is 0 Å².